The van der Waals surface area contributed by atoms with Crippen LogP contribution >= 0.6 is 0 Å². The van der Waals surface area contributed by atoms with E-state index in [2.05, 4.69) is 22.4 Å². The lowest BCUT2D eigenvalue weighted by Crippen LogP contribution is -2.06. The molecule has 0 aliphatic rings. The van der Waals surface area contributed by atoms with Gasteiger partial charge in [0, 0.05) is 19.8 Å². The van der Waals surface area contributed by atoms with Crippen LogP contribution < -0.4 is 11.1 Å². The van der Waals surface area contributed by atoms with Gasteiger partial charge in [-0.15, -0.1) is 5.10 Å². The Hall–Kier alpha value is -1.14. The first-order valence-electron chi connectivity index (χ1n) is 5.71. The van der Waals surface area contributed by atoms with Crippen molar-refractivity contribution in [3.8, 4) is 0 Å². The Kier molecular flexibility index (Phi) is 6.52. The molecule has 0 atom stereocenters. The van der Waals surface area contributed by atoms with E-state index in [9.17, 15) is 0 Å². The van der Waals surface area contributed by atoms with E-state index in [-0.39, 0.29) is 6.54 Å². The van der Waals surface area contributed by atoms with Gasteiger partial charge < -0.3 is 20.2 Å². The van der Waals surface area contributed by atoms with E-state index in [0.29, 0.717) is 11.9 Å². The van der Waals surface area contributed by atoms with Crippen molar-refractivity contribution in [2.24, 2.45) is 5.73 Å². The predicted molar refractivity (Wildman–Crippen MR) is 61.0 cm³/mol. The van der Waals surface area contributed by atoms with Crippen LogP contribution in [0, 0.1) is 0 Å². The summed E-state index contributed by atoms with van der Waals surface area (Å²) in [4.78, 5) is 0. The number of nitrogens with zero attached hydrogens (tertiary/aromatic N) is 2. The second-order valence-corrected chi connectivity index (χ2v) is 3.45. The molecule has 0 aliphatic heterocycles. The summed E-state index contributed by atoms with van der Waals surface area (Å²) >= 11 is 0. The van der Waals surface area contributed by atoms with Crippen LogP contribution in [0.25, 0.3) is 0 Å². The van der Waals surface area contributed by atoms with Crippen molar-refractivity contribution in [2.75, 3.05) is 25.1 Å². The number of hydrogen-bond donors (Lipinski definition) is 2. The maximum atomic E-state index is 5.41. The van der Waals surface area contributed by atoms with Gasteiger partial charge in [-0.1, -0.05) is 18.4 Å². The molecule has 0 saturated carbocycles. The predicted octanol–water partition coefficient (Wildman–Crippen LogP) is 1.15. The third-order valence-electron chi connectivity index (χ3n) is 2.03. The molecule has 0 aromatic carbocycles. The molecule has 0 fully saturated rings. The Labute approximate surface area is 95.6 Å². The van der Waals surface area contributed by atoms with Gasteiger partial charge in [-0.2, -0.15) is 0 Å². The first-order chi connectivity index (χ1) is 7.86. The highest BCUT2D eigenvalue weighted by atomic mass is 16.5. The summed E-state index contributed by atoms with van der Waals surface area (Å²) in [5, 5.41) is 10.5. The molecule has 1 aromatic heterocycles. The summed E-state index contributed by atoms with van der Waals surface area (Å²) in [7, 11) is 0. The molecule has 92 valence electrons. The van der Waals surface area contributed by atoms with Crippen LogP contribution in [0.4, 0.5) is 6.01 Å². The van der Waals surface area contributed by atoms with Crippen LogP contribution in [0.3, 0.4) is 0 Å². The fourth-order valence-electron chi connectivity index (χ4n) is 1.13. The average Bonchev–Trinajstić information content (AvgIpc) is 2.76. The lowest BCUT2D eigenvalue weighted by Gasteiger charge is -2.03. The Bertz CT molecular complexity index is 278. The van der Waals surface area contributed by atoms with Crippen LogP contribution in [0.1, 0.15) is 32.1 Å². The molecular formula is C10H20N4O2. The molecule has 0 unspecified atom stereocenters. The molecule has 3 N–H and O–H groups in total. The lowest BCUT2D eigenvalue weighted by molar-refractivity contribution is 0.131. The van der Waals surface area contributed by atoms with Gasteiger partial charge in [0.1, 0.15) is 0 Å². The van der Waals surface area contributed by atoms with Gasteiger partial charge in [-0.05, 0) is 12.8 Å². The van der Waals surface area contributed by atoms with Gasteiger partial charge >= 0.3 is 6.01 Å². The van der Waals surface area contributed by atoms with Gasteiger partial charge in [-0.3, -0.25) is 0 Å². The highest BCUT2D eigenvalue weighted by Gasteiger charge is 2.02. The van der Waals surface area contributed by atoms with Crippen LogP contribution in [0.2, 0.25) is 0 Å². The SMILES string of the molecule is CCCCOCCCNc1nnc(CN)o1. The fraction of sp³-hybridized carbons (Fsp3) is 0.800. The van der Waals surface area contributed by atoms with Crippen LogP contribution in [0.5, 0.6) is 0 Å². The Balaban J connectivity index is 1.98. The van der Waals surface area contributed by atoms with E-state index in [1.165, 1.54) is 6.42 Å². The number of ether oxygens (including phenoxy) is 1. The zero-order valence-electron chi connectivity index (χ0n) is 9.74. The smallest absolute Gasteiger partial charge is 0.315 e. The van der Waals surface area contributed by atoms with E-state index >= 15 is 0 Å². The maximum absolute atomic E-state index is 5.41. The molecule has 1 rings (SSSR count). The van der Waals surface area contributed by atoms with Gasteiger partial charge in [0.2, 0.25) is 5.89 Å². The van der Waals surface area contributed by atoms with Crippen molar-refractivity contribution in [1.82, 2.24) is 10.2 Å². The van der Waals surface area contributed by atoms with Crippen LogP contribution in [-0.2, 0) is 11.3 Å². The summed E-state index contributed by atoms with van der Waals surface area (Å²) in [6, 6.07) is 0.425. The Morgan fingerprint density at radius 3 is 2.81 bits per heavy atom. The van der Waals surface area contributed by atoms with Crippen molar-refractivity contribution >= 4 is 6.01 Å². The summed E-state index contributed by atoms with van der Waals surface area (Å²) in [5.41, 5.74) is 5.34. The third-order valence-corrected chi connectivity index (χ3v) is 2.03. The lowest BCUT2D eigenvalue weighted by atomic mass is 10.4. The normalized spacial score (nSPS) is 10.6. The number of unbranched alkanes of at least 4 members (excludes halogenated alkanes) is 1. The molecule has 1 aromatic rings. The van der Waals surface area contributed by atoms with Gasteiger partial charge in [0.05, 0.1) is 6.54 Å². The molecule has 0 bridgehead atoms. The number of rotatable bonds is 9. The van der Waals surface area contributed by atoms with Crippen molar-refractivity contribution in [1.29, 1.82) is 0 Å². The Morgan fingerprint density at radius 1 is 1.31 bits per heavy atom. The summed E-state index contributed by atoms with van der Waals surface area (Å²) in [6.45, 7) is 4.78. The number of anilines is 1. The Morgan fingerprint density at radius 2 is 2.12 bits per heavy atom. The molecule has 1 heterocycles. The average molecular weight is 228 g/mol. The second kappa shape index (κ2) is 8.06. The first-order valence-corrected chi connectivity index (χ1v) is 5.71. The molecule has 0 spiro atoms. The minimum atomic E-state index is 0.273. The summed E-state index contributed by atoms with van der Waals surface area (Å²) in [6.07, 6.45) is 3.21. The highest BCUT2D eigenvalue weighted by Crippen LogP contribution is 2.03. The molecule has 0 aliphatic carbocycles. The fourth-order valence-corrected chi connectivity index (χ4v) is 1.13. The molecule has 0 radical (unpaired) electrons. The van der Waals surface area contributed by atoms with E-state index in [1.54, 1.807) is 0 Å². The van der Waals surface area contributed by atoms with Crippen molar-refractivity contribution in [3.63, 3.8) is 0 Å². The number of nitrogens with one attached hydrogen (secondary N) is 1. The van der Waals surface area contributed by atoms with Crippen molar-refractivity contribution in [3.05, 3.63) is 5.89 Å². The van der Waals surface area contributed by atoms with E-state index in [0.717, 1.165) is 32.6 Å². The van der Waals surface area contributed by atoms with E-state index in [4.69, 9.17) is 14.9 Å². The minimum absolute atomic E-state index is 0.273. The molecule has 6 nitrogen and oxygen atoms in total. The van der Waals surface area contributed by atoms with Gasteiger partial charge in [0.15, 0.2) is 0 Å². The minimum Gasteiger partial charge on any atom is -0.407 e. The monoisotopic (exact) mass is 228 g/mol. The zero-order valence-corrected chi connectivity index (χ0v) is 9.74. The topological polar surface area (TPSA) is 86.2 Å². The summed E-state index contributed by atoms with van der Waals surface area (Å²) < 4.78 is 10.6. The van der Waals surface area contributed by atoms with Crippen molar-refractivity contribution < 1.29 is 9.15 Å². The first kappa shape index (κ1) is 12.9. The van der Waals surface area contributed by atoms with E-state index in [1.807, 2.05) is 0 Å². The number of nitrogens with two attached hydrogens (primary N) is 1. The molecule has 0 saturated heterocycles. The van der Waals surface area contributed by atoms with Gasteiger partial charge in [-0.25, -0.2) is 0 Å². The van der Waals surface area contributed by atoms with Crippen molar-refractivity contribution in [2.45, 2.75) is 32.7 Å². The molecule has 6 heteroatoms. The highest BCUT2D eigenvalue weighted by molar-refractivity contribution is 5.16. The zero-order chi connectivity index (χ0) is 11.6. The number of hydrogen-bond acceptors (Lipinski definition) is 6. The molecular weight excluding hydrogens is 208 g/mol. The largest absolute Gasteiger partial charge is 0.407 e. The maximum Gasteiger partial charge on any atom is 0.315 e. The third kappa shape index (κ3) is 5.09. The van der Waals surface area contributed by atoms with E-state index < -0.39 is 0 Å². The summed E-state index contributed by atoms with van der Waals surface area (Å²) in [5.74, 6) is 0.446. The molecule has 0 amide bonds. The van der Waals surface area contributed by atoms with Crippen LogP contribution in [0.15, 0.2) is 4.42 Å². The second-order valence-electron chi connectivity index (χ2n) is 3.45. The molecule has 16 heavy (non-hydrogen) atoms. The standard InChI is InChI=1S/C10H20N4O2/c1-2-3-6-15-7-4-5-12-10-14-13-9(8-11)16-10/h2-8,11H2,1H3,(H,12,14). The number of aromatic nitrogens is 2. The quantitative estimate of drug-likeness (QED) is 0.616. The van der Waals surface area contributed by atoms with Gasteiger partial charge in [0.25, 0.3) is 0 Å². The van der Waals surface area contributed by atoms with Crippen LogP contribution in [-0.4, -0.2) is 30.0 Å².